The molecule has 27 heavy (non-hydrogen) atoms. The molecule has 3 aromatic carbocycles. The summed E-state index contributed by atoms with van der Waals surface area (Å²) in [6.07, 6.45) is 0. The van der Waals surface area contributed by atoms with E-state index in [0.29, 0.717) is 17.1 Å². The Balaban J connectivity index is 1.48. The maximum absolute atomic E-state index is 13.7. The molecule has 136 valence electrons. The first-order chi connectivity index (χ1) is 13.1. The van der Waals surface area contributed by atoms with Gasteiger partial charge >= 0.3 is 5.24 Å². The van der Waals surface area contributed by atoms with Crippen LogP contribution in [0.5, 0.6) is 5.75 Å². The van der Waals surface area contributed by atoms with Crippen molar-refractivity contribution < 1.29 is 18.7 Å². The van der Waals surface area contributed by atoms with Gasteiger partial charge in [0.2, 0.25) is 0 Å². The van der Waals surface area contributed by atoms with Gasteiger partial charge in [0.1, 0.15) is 23.9 Å². The number of carbonyl (C=O) groups excluding carboxylic acids is 2. The van der Waals surface area contributed by atoms with Crippen LogP contribution in [0.3, 0.4) is 0 Å². The van der Waals surface area contributed by atoms with E-state index < -0.39 is 10.9 Å². The summed E-state index contributed by atoms with van der Waals surface area (Å²) in [5.41, 5.74) is 1.54. The van der Waals surface area contributed by atoms with Crippen LogP contribution in [-0.2, 0) is 28.0 Å². The summed E-state index contributed by atoms with van der Waals surface area (Å²) in [7, 11) is -0.587. The zero-order valence-electron chi connectivity index (χ0n) is 14.4. The second-order valence-electron chi connectivity index (χ2n) is 6.34. The number of benzene rings is 3. The van der Waals surface area contributed by atoms with E-state index in [1.807, 2.05) is 36.4 Å². The van der Waals surface area contributed by atoms with Crippen LogP contribution in [-0.4, -0.2) is 16.9 Å². The van der Waals surface area contributed by atoms with E-state index in [0.717, 1.165) is 16.3 Å². The largest absolute Gasteiger partial charge is 0.489 e. The van der Waals surface area contributed by atoms with Crippen molar-refractivity contribution in [2.45, 2.75) is 12.4 Å². The Bertz CT molecular complexity index is 1040. The molecule has 1 heterocycles. The Morgan fingerprint density at radius 2 is 1.78 bits per heavy atom. The smallest absolute Gasteiger partial charge is 0.436 e. The highest BCUT2D eigenvalue weighted by Crippen LogP contribution is 2.25. The molecule has 1 aliphatic rings. The molecule has 6 heteroatoms. The third-order valence-electron chi connectivity index (χ3n) is 4.38. The predicted octanol–water partition coefficient (Wildman–Crippen LogP) is 3.93. The SMILES string of the molecule is O=C1C[S+](Cc2ccc3cc(OCc4ccccc4F)ccc3c2)C(=O)N1. The number of fused-ring (bicyclic) bond motifs is 1. The standard InChI is InChI=1S/C21H16FNO3S/c22-19-4-2-1-3-17(19)11-26-18-8-7-15-9-14(5-6-16(15)10-18)12-27-13-20(24)23-21(27)25/h1-10H,11-13H2/p+1. The van der Waals surface area contributed by atoms with Crippen LogP contribution >= 0.6 is 0 Å². The number of rotatable bonds is 5. The maximum Gasteiger partial charge on any atom is 0.436 e. The fourth-order valence-corrected chi connectivity index (χ4v) is 4.59. The van der Waals surface area contributed by atoms with Gasteiger partial charge in [0, 0.05) is 11.1 Å². The van der Waals surface area contributed by atoms with Crippen molar-refractivity contribution in [1.29, 1.82) is 0 Å². The van der Waals surface area contributed by atoms with E-state index in [1.165, 1.54) is 6.07 Å². The fraction of sp³-hybridized carbons (Fsp3) is 0.143. The number of hydrogen-bond acceptors (Lipinski definition) is 3. The molecule has 4 nitrogen and oxygen atoms in total. The second kappa shape index (κ2) is 7.40. The third kappa shape index (κ3) is 3.95. The lowest BCUT2D eigenvalue weighted by molar-refractivity contribution is -0.117. The minimum atomic E-state index is -0.587. The Morgan fingerprint density at radius 3 is 2.56 bits per heavy atom. The molecule has 2 amide bonds. The summed E-state index contributed by atoms with van der Waals surface area (Å²) in [6, 6.07) is 18.2. The van der Waals surface area contributed by atoms with Crippen LogP contribution < -0.4 is 10.1 Å². The molecule has 0 aromatic heterocycles. The van der Waals surface area contributed by atoms with Crippen LogP contribution in [0.25, 0.3) is 10.8 Å². The highest BCUT2D eigenvalue weighted by atomic mass is 32.2. The molecule has 3 aromatic rings. The van der Waals surface area contributed by atoms with Gasteiger partial charge in [-0.15, -0.1) is 0 Å². The molecule has 0 radical (unpaired) electrons. The number of carbonyl (C=O) groups is 2. The number of imide groups is 1. The van der Waals surface area contributed by atoms with Crippen molar-refractivity contribution in [3.8, 4) is 5.75 Å². The lowest BCUT2D eigenvalue weighted by Crippen LogP contribution is -2.21. The van der Waals surface area contributed by atoms with E-state index >= 15 is 0 Å². The zero-order chi connectivity index (χ0) is 18.8. The van der Waals surface area contributed by atoms with E-state index in [1.54, 1.807) is 18.2 Å². The van der Waals surface area contributed by atoms with Crippen LogP contribution in [0.15, 0.2) is 60.7 Å². The van der Waals surface area contributed by atoms with Crippen LogP contribution in [0.2, 0.25) is 0 Å². The summed E-state index contributed by atoms with van der Waals surface area (Å²) in [4.78, 5) is 23.1. The third-order valence-corrected chi connectivity index (χ3v) is 6.30. The van der Waals surface area contributed by atoms with Crippen LogP contribution in [0.1, 0.15) is 11.1 Å². The number of nitrogens with one attached hydrogen (secondary N) is 1. The minimum absolute atomic E-state index is 0.169. The first-order valence-corrected chi connectivity index (χ1v) is 10.0. The zero-order valence-corrected chi connectivity index (χ0v) is 15.2. The molecule has 4 rings (SSSR count). The van der Waals surface area contributed by atoms with Gasteiger partial charge in [-0.25, -0.2) is 14.5 Å². The number of ether oxygens (including phenoxy) is 1. The molecule has 1 unspecified atom stereocenters. The van der Waals surface area contributed by atoms with Gasteiger partial charge in [-0.05, 0) is 35.0 Å². The number of amides is 2. The fourth-order valence-electron chi connectivity index (χ4n) is 2.99. The average molecular weight is 382 g/mol. The topological polar surface area (TPSA) is 55.4 Å². The van der Waals surface area contributed by atoms with Gasteiger partial charge in [-0.1, -0.05) is 36.4 Å². The molecule has 1 fully saturated rings. The van der Waals surface area contributed by atoms with E-state index in [4.69, 9.17) is 4.74 Å². The van der Waals surface area contributed by atoms with Crippen molar-refractivity contribution in [3.05, 3.63) is 77.6 Å². The first-order valence-electron chi connectivity index (χ1n) is 8.49. The van der Waals surface area contributed by atoms with E-state index in [-0.39, 0.29) is 29.3 Å². The van der Waals surface area contributed by atoms with Gasteiger partial charge in [0.15, 0.2) is 5.75 Å². The van der Waals surface area contributed by atoms with Gasteiger partial charge in [-0.2, -0.15) is 0 Å². The summed E-state index contributed by atoms with van der Waals surface area (Å²) < 4.78 is 19.4. The van der Waals surface area contributed by atoms with Crippen molar-refractivity contribution in [2.24, 2.45) is 0 Å². The summed E-state index contributed by atoms with van der Waals surface area (Å²) >= 11 is 0. The molecule has 1 aliphatic heterocycles. The van der Waals surface area contributed by atoms with Crippen molar-refractivity contribution in [1.82, 2.24) is 5.32 Å². The molecular weight excluding hydrogens is 365 g/mol. The lowest BCUT2D eigenvalue weighted by atomic mass is 10.1. The maximum atomic E-state index is 13.7. The predicted molar refractivity (Wildman–Crippen MR) is 104 cm³/mol. The van der Waals surface area contributed by atoms with Gasteiger partial charge in [0.25, 0.3) is 5.91 Å². The molecule has 1 N–H and O–H groups in total. The van der Waals surface area contributed by atoms with E-state index in [2.05, 4.69) is 5.32 Å². The van der Waals surface area contributed by atoms with Crippen molar-refractivity contribution in [2.75, 3.05) is 5.75 Å². The summed E-state index contributed by atoms with van der Waals surface area (Å²) in [5.74, 6) is 1.04. The molecule has 1 saturated heterocycles. The lowest BCUT2D eigenvalue weighted by Gasteiger charge is -2.09. The Labute approximate surface area is 158 Å². The quantitative estimate of drug-likeness (QED) is 0.681. The van der Waals surface area contributed by atoms with Gasteiger partial charge in [0.05, 0.1) is 10.9 Å². The monoisotopic (exact) mass is 382 g/mol. The second-order valence-corrected chi connectivity index (χ2v) is 8.27. The van der Waals surface area contributed by atoms with Gasteiger partial charge < -0.3 is 4.74 Å². The Kier molecular flexibility index (Phi) is 4.81. The molecular formula is C21H17FNO3S+. The van der Waals surface area contributed by atoms with Gasteiger partial charge in [-0.3, -0.25) is 4.79 Å². The highest BCUT2D eigenvalue weighted by Gasteiger charge is 2.40. The molecule has 1 atom stereocenters. The Hall–Kier alpha value is -2.86. The summed E-state index contributed by atoms with van der Waals surface area (Å²) in [6.45, 7) is 0.169. The molecule has 0 spiro atoms. The number of halogens is 1. The Morgan fingerprint density at radius 1 is 1.00 bits per heavy atom. The normalized spacial score (nSPS) is 16.6. The number of hydrogen-bond donors (Lipinski definition) is 1. The minimum Gasteiger partial charge on any atom is -0.489 e. The van der Waals surface area contributed by atoms with E-state index in [9.17, 15) is 14.0 Å². The van der Waals surface area contributed by atoms with Crippen molar-refractivity contribution in [3.63, 3.8) is 0 Å². The molecule has 0 saturated carbocycles. The van der Waals surface area contributed by atoms with Crippen molar-refractivity contribution >= 4 is 32.8 Å². The first kappa shape index (κ1) is 17.5. The van der Waals surface area contributed by atoms with Crippen LogP contribution in [0.4, 0.5) is 9.18 Å². The van der Waals surface area contributed by atoms with Crippen LogP contribution in [0, 0.1) is 5.82 Å². The molecule has 0 bridgehead atoms. The molecule has 0 aliphatic carbocycles. The highest BCUT2D eigenvalue weighted by molar-refractivity contribution is 8.11. The summed E-state index contributed by atoms with van der Waals surface area (Å²) in [5, 5.41) is 4.21. The average Bonchev–Trinajstić information content (AvgIpc) is 2.98.